The van der Waals surface area contributed by atoms with Gasteiger partial charge in [0.25, 0.3) is 5.56 Å². The summed E-state index contributed by atoms with van der Waals surface area (Å²) in [7, 11) is 0. The number of benzene rings is 1. The van der Waals surface area contributed by atoms with Crippen molar-refractivity contribution in [2.45, 2.75) is 12.8 Å². The molecule has 1 saturated heterocycles. The summed E-state index contributed by atoms with van der Waals surface area (Å²) in [6, 6.07) is 11.2. The number of pyridine rings is 1. The summed E-state index contributed by atoms with van der Waals surface area (Å²) >= 11 is 3.27. The minimum atomic E-state index is -0.342. The molecule has 2 amide bonds. The lowest BCUT2D eigenvalue weighted by Gasteiger charge is -2.30. The molecule has 2 N–H and O–H groups in total. The van der Waals surface area contributed by atoms with E-state index in [4.69, 9.17) is 0 Å². The molecule has 1 aliphatic heterocycles. The van der Waals surface area contributed by atoms with Crippen molar-refractivity contribution >= 4 is 39.5 Å². The van der Waals surface area contributed by atoms with E-state index in [1.165, 1.54) is 6.20 Å². The molecule has 1 fully saturated rings. The number of nitrogens with zero attached hydrogens (tertiary/aromatic N) is 1. The van der Waals surface area contributed by atoms with Gasteiger partial charge in [-0.05, 0) is 46.5 Å². The Morgan fingerprint density at radius 3 is 2.59 bits per heavy atom. The van der Waals surface area contributed by atoms with Crippen molar-refractivity contribution in [3.05, 3.63) is 69.1 Å². The zero-order chi connectivity index (χ0) is 19.2. The van der Waals surface area contributed by atoms with E-state index in [9.17, 15) is 14.4 Å². The number of aromatic amines is 1. The number of carbonyl (C=O) groups excluding carboxylic acids is 2. The maximum Gasteiger partial charge on any atom is 0.271 e. The predicted octanol–water partition coefficient (Wildman–Crippen LogP) is 3.03. The number of aromatic nitrogens is 1. The summed E-state index contributed by atoms with van der Waals surface area (Å²) in [5.41, 5.74) is 0.850. The number of halogens is 1. The third kappa shape index (κ3) is 5.17. The fourth-order valence-electron chi connectivity index (χ4n) is 2.98. The van der Waals surface area contributed by atoms with Crippen LogP contribution in [0.3, 0.4) is 0 Å². The number of piperidine rings is 1. The van der Waals surface area contributed by atoms with Crippen LogP contribution in [-0.4, -0.2) is 34.8 Å². The summed E-state index contributed by atoms with van der Waals surface area (Å²) < 4.78 is 0.683. The molecule has 0 radical (unpaired) electrons. The van der Waals surface area contributed by atoms with Gasteiger partial charge in [-0.15, -0.1) is 0 Å². The first-order valence-corrected chi connectivity index (χ1v) is 9.53. The normalized spacial score (nSPS) is 15.1. The molecular weight excluding hydrogens is 410 g/mol. The number of likely N-dealkylation sites (tertiary alicyclic amines) is 1. The van der Waals surface area contributed by atoms with Crippen molar-refractivity contribution in [1.29, 1.82) is 0 Å². The van der Waals surface area contributed by atoms with Crippen LogP contribution >= 0.6 is 15.9 Å². The number of hydrogen-bond acceptors (Lipinski definition) is 3. The molecule has 3 rings (SSSR count). The van der Waals surface area contributed by atoms with Crippen molar-refractivity contribution in [2.24, 2.45) is 5.92 Å². The zero-order valence-electron chi connectivity index (χ0n) is 14.7. The molecule has 2 aromatic rings. The maximum atomic E-state index is 12.4. The first-order valence-electron chi connectivity index (χ1n) is 8.74. The van der Waals surface area contributed by atoms with Gasteiger partial charge in [-0.3, -0.25) is 14.4 Å². The number of carbonyl (C=O) groups is 2. The van der Waals surface area contributed by atoms with E-state index in [1.807, 2.05) is 30.3 Å². The highest BCUT2D eigenvalue weighted by Crippen LogP contribution is 2.20. The third-order valence-electron chi connectivity index (χ3n) is 4.52. The van der Waals surface area contributed by atoms with Gasteiger partial charge in [0.15, 0.2) is 0 Å². The summed E-state index contributed by atoms with van der Waals surface area (Å²) in [6.07, 6.45) is 6.02. The molecule has 2 heterocycles. The van der Waals surface area contributed by atoms with Crippen molar-refractivity contribution in [3.8, 4) is 0 Å². The summed E-state index contributed by atoms with van der Waals surface area (Å²) in [5.74, 6) is -0.461. The topological polar surface area (TPSA) is 82.3 Å². The van der Waals surface area contributed by atoms with Crippen molar-refractivity contribution < 1.29 is 9.59 Å². The van der Waals surface area contributed by atoms with Crippen molar-refractivity contribution in [2.75, 3.05) is 18.4 Å². The van der Waals surface area contributed by atoms with E-state index in [2.05, 4.69) is 26.2 Å². The quantitative estimate of drug-likeness (QED) is 0.732. The fourth-order valence-corrected chi connectivity index (χ4v) is 3.33. The summed E-state index contributed by atoms with van der Waals surface area (Å²) in [6.45, 7) is 1.04. The smallest absolute Gasteiger partial charge is 0.271 e. The Bertz CT molecular complexity index is 900. The lowest BCUT2D eigenvalue weighted by atomic mass is 9.95. The standard InChI is InChI=1S/C20H20BrN3O3/c21-16-12-17(20(27)22-13-16)23-19(26)15-8-10-24(11-9-15)18(25)7-6-14-4-2-1-3-5-14/h1-7,12-13,15H,8-11H2,(H,22,27)(H,23,26)/b7-6+. The monoisotopic (exact) mass is 429 g/mol. The molecule has 7 heteroatoms. The Morgan fingerprint density at radius 2 is 1.89 bits per heavy atom. The van der Waals surface area contributed by atoms with E-state index in [0.717, 1.165) is 5.56 Å². The predicted molar refractivity (Wildman–Crippen MR) is 108 cm³/mol. The largest absolute Gasteiger partial charge is 0.339 e. The van der Waals surface area contributed by atoms with Gasteiger partial charge >= 0.3 is 0 Å². The first-order chi connectivity index (χ1) is 13.0. The van der Waals surface area contributed by atoms with Crippen molar-refractivity contribution in [1.82, 2.24) is 9.88 Å². The van der Waals surface area contributed by atoms with Crippen LogP contribution in [0.2, 0.25) is 0 Å². The van der Waals surface area contributed by atoms with Gasteiger partial charge in [-0.2, -0.15) is 0 Å². The number of H-pyrrole nitrogens is 1. The number of nitrogens with one attached hydrogen (secondary N) is 2. The fraction of sp³-hybridized carbons (Fsp3) is 0.250. The van der Waals surface area contributed by atoms with E-state index in [-0.39, 0.29) is 29.0 Å². The van der Waals surface area contributed by atoms with Gasteiger partial charge in [0.2, 0.25) is 11.8 Å². The third-order valence-corrected chi connectivity index (χ3v) is 4.98. The lowest BCUT2D eigenvalue weighted by Crippen LogP contribution is -2.41. The van der Waals surface area contributed by atoms with E-state index in [0.29, 0.717) is 30.4 Å². The second kappa shape index (κ2) is 8.81. The van der Waals surface area contributed by atoms with Gasteiger partial charge in [0.1, 0.15) is 5.69 Å². The second-order valence-corrected chi connectivity index (χ2v) is 7.31. The molecule has 27 heavy (non-hydrogen) atoms. The molecule has 0 atom stereocenters. The van der Waals surface area contributed by atoms with Crippen LogP contribution in [0.1, 0.15) is 18.4 Å². The van der Waals surface area contributed by atoms with Crippen LogP contribution < -0.4 is 10.9 Å². The Morgan fingerprint density at radius 1 is 1.19 bits per heavy atom. The highest BCUT2D eigenvalue weighted by Gasteiger charge is 2.27. The van der Waals surface area contributed by atoms with Gasteiger partial charge in [-0.1, -0.05) is 30.3 Å². The van der Waals surface area contributed by atoms with Gasteiger partial charge in [0.05, 0.1) is 0 Å². The molecule has 6 nitrogen and oxygen atoms in total. The molecule has 0 bridgehead atoms. The Hall–Kier alpha value is -2.67. The SMILES string of the molecule is O=C(Nc1cc(Br)c[nH]c1=O)C1CCN(C(=O)/C=C/c2ccccc2)CC1. The average Bonchev–Trinajstić information content (AvgIpc) is 2.70. The summed E-state index contributed by atoms with van der Waals surface area (Å²) in [5, 5.41) is 2.68. The van der Waals surface area contributed by atoms with Crippen molar-refractivity contribution in [3.63, 3.8) is 0 Å². The van der Waals surface area contributed by atoms with Gasteiger partial charge < -0.3 is 15.2 Å². The van der Waals surface area contributed by atoms with Crippen LogP contribution in [0.25, 0.3) is 6.08 Å². The molecular formula is C20H20BrN3O3. The second-order valence-electron chi connectivity index (χ2n) is 6.39. The Labute approximate surface area is 165 Å². The highest BCUT2D eigenvalue weighted by molar-refractivity contribution is 9.10. The minimum Gasteiger partial charge on any atom is -0.339 e. The number of hydrogen-bond donors (Lipinski definition) is 2. The van der Waals surface area contributed by atoms with E-state index >= 15 is 0 Å². The zero-order valence-corrected chi connectivity index (χ0v) is 16.2. The highest BCUT2D eigenvalue weighted by atomic mass is 79.9. The Balaban J connectivity index is 1.53. The van der Waals surface area contributed by atoms with Crippen LogP contribution in [0, 0.1) is 5.92 Å². The maximum absolute atomic E-state index is 12.4. The molecule has 1 aliphatic rings. The molecule has 1 aromatic carbocycles. The molecule has 0 spiro atoms. The molecule has 1 aromatic heterocycles. The number of rotatable bonds is 4. The Kier molecular flexibility index (Phi) is 6.24. The van der Waals surface area contributed by atoms with Gasteiger partial charge in [-0.25, -0.2) is 0 Å². The van der Waals surface area contributed by atoms with Gasteiger partial charge in [0, 0.05) is 35.8 Å². The molecule has 0 unspecified atom stereocenters. The van der Waals surface area contributed by atoms with Crippen LogP contribution in [0.5, 0.6) is 0 Å². The van der Waals surface area contributed by atoms with Crippen LogP contribution in [0.4, 0.5) is 5.69 Å². The molecule has 140 valence electrons. The van der Waals surface area contributed by atoms with Crippen LogP contribution in [0.15, 0.2) is 57.9 Å². The molecule has 0 saturated carbocycles. The number of amides is 2. The molecule has 0 aliphatic carbocycles. The summed E-state index contributed by atoms with van der Waals surface area (Å²) in [4.78, 5) is 40.8. The number of anilines is 1. The lowest BCUT2D eigenvalue weighted by molar-refractivity contribution is -0.130. The first kappa shape index (κ1) is 19.1. The minimum absolute atomic E-state index is 0.0545. The van der Waals surface area contributed by atoms with Crippen LogP contribution in [-0.2, 0) is 9.59 Å². The van der Waals surface area contributed by atoms with E-state index < -0.39 is 0 Å². The average molecular weight is 430 g/mol. The van der Waals surface area contributed by atoms with E-state index in [1.54, 1.807) is 23.1 Å².